The molecule has 3 N–H and O–H groups in total. The van der Waals surface area contributed by atoms with E-state index in [1.165, 1.54) is 18.9 Å². The topological polar surface area (TPSA) is 38.0 Å². The van der Waals surface area contributed by atoms with Crippen LogP contribution >= 0.6 is 12.2 Å². The van der Waals surface area contributed by atoms with Crippen LogP contribution in [0.5, 0.6) is 0 Å². The molecule has 0 heterocycles. The highest BCUT2D eigenvalue weighted by Gasteiger charge is 2.23. The van der Waals surface area contributed by atoms with E-state index in [0.29, 0.717) is 17.5 Å². The lowest BCUT2D eigenvalue weighted by Gasteiger charge is -2.19. The molecule has 1 saturated carbocycles. The summed E-state index contributed by atoms with van der Waals surface area (Å²) in [6.45, 7) is 2.23. The van der Waals surface area contributed by atoms with Crippen molar-refractivity contribution >= 4 is 22.9 Å². The number of thiocarbonyl (C=S) groups is 1. The Labute approximate surface area is 106 Å². The monoisotopic (exact) mass is 252 g/mol. The van der Waals surface area contributed by atoms with E-state index in [0.717, 1.165) is 12.1 Å². The molecule has 0 amide bonds. The second-order valence-electron chi connectivity index (χ2n) is 4.72. The number of nitrogens with two attached hydrogens (primary N) is 1. The number of halogens is 1. The number of rotatable bonds is 3. The standard InChI is InChI=1S/C13H17FN2S/c1-8-3-2-4-12(8)16-9-5-6-10(13(15)17)11(14)7-9/h5-8,12,16H,2-4H2,1H3,(H2,15,17). The Morgan fingerprint density at radius 3 is 2.76 bits per heavy atom. The van der Waals surface area contributed by atoms with Crippen molar-refractivity contribution in [1.82, 2.24) is 0 Å². The normalized spacial score (nSPS) is 23.6. The molecule has 4 heteroatoms. The highest BCUT2D eigenvalue weighted by Crippen LogP contribution is 2.28. The molecule has 17 heavy (non-hydrogen) atoms. The first kappa shape index (κ1) is 12.3. The largest absolute Gasteiger partial charge is 0.389 e. The minimum Gasteiger partial charge on any atom is -0.389 e. The van der Waals surface area contributed by atoms with Gasteiger partial charge in [-0.05, 0) is 37.0 Å². The van der Waals surface area contributed by atoms with Crippen molar-refractivity contribution in [2.45, 2.75) is 32.2 Å². The van der Waals surface area contributed by atoms with Gasteiger partial charge in [-0.2, -0.15) is 0 Å². The first-order valence-corrected chi connectivity index (χ1v) is 6.34. The molecule has 2 unspecified atom stereocenters. The van der Waals surface area contributed by atoms with Crippen LogP contribution in [-0.2, 0) is 0 Å². The van der Waals surface area contributed by atoms with Crippen LogP contribution in [0.2, 0.25) is 0 Å². The molecule has 1 aliphatic carbocycles. The molecule has 1 aliphatic rings. The third-order valence-electron chi connectivity index (χ3n) is 3.45. The molecule has 0 aromatic heterocycles. The van der Waals surface area contributed by atoms with Crippen molar-refractivity contribution in [3.63, 3.8) is 0 Å². The lowest BCUT2D eigenvalue weighted by atomic mass is 10.1. The molecule has 92 valence electrons. The summed E-state index contributed by atoms with van der Waals surface area (Å²) < 4.78 is 13.7. The molecule has 2 atom stereocenters. The Hall–Kier alpha value is -1.16. The molecular weight excluding hydrogens is 235 g/mol. The van der Waals surface area contributed by atoms with Crippen molar-refractivity contribution in [2.75, 3.05) is 5.32 Å². The lowest BCUT2D eigenvalue weighted by Crippen LogP contribution is -2.22. The molecule has 0 radical (unpaired) electrons. The van der Waals surface area contributed by atoms with Gasteiger partial charge in [0.1, 0.15) is 10.8 Å². The number of nitrogens with one attached hydrogen (secondary N) is 1. The summed E-state index contributed by atoms with van der Waals surface area (Å²) in [6.07, 6.45) is 3.64. The van der Waals surface area contributed by atoms with Crippen LogP contribution in [0, 0.1) is 11.7 Å². The number of hydrogen-bond donors (Lipinski definition) is 2. The van der Waals surface area contributed by atoms with Crippen LogP contribution in [0.15, 0.2) is 18.2 Å². The Balaban J connectivity index is 2.12. The van der Waals surface area contributed by atoms with E-state index in [9.17, 15) is 4.39 Å². The summed E-state index contributed by atoms with van der Waals surface area (Å²) >= 11 is 4.77. The zero-order chi connectivity index (χ0) is 12.4. The fraction of sp³-hybridized carbons (Fsp3) is 0.462. The quantitative estimate of drug-likeness (QED) is 0.812. The van der Waals surface area contributed by atoms with Crippen LogP contribution in [0.1, 0.15) is 31.7 Å². The van der Waals surface area contributed by atoms with Gasteiger partial charge in [-0.25, -0.2) is 4.39 Å². The van der Waals surface area contributed by atoms with E-state index >= 15 is 0 Å². The van der Waals surface area contributed by atoms with Gasteiger partial charge in [-0.15, -0.1) is 0 Å². The third kappa shape index (κ3) is 2.75. The predicted octanol–water partition coefficient (Wildman–Crippen LogP) is 3.06. The molecule has 0 saturated heterocycles. The van der Waals surface area contributed by atoms with E-state index in [-0.39, 0.29) is 10.8 Å². The second-order valence-corrected chi connectivity index (χ2v) is 5.16. The lowest BCUT2D eigenvalue weighted by molar-refractivity contribution is 0.555. The molecule has 2 nitrogen and oxygen atoms in total. The van der Waals surface area contributed by atoms with Crippen molar-refractivity contribution in [3.8, 4) is 0 Å². The number of benzene rings is 1. The Morgan fingerprint density at radius 1 is 1.47 bits per heavy atom. The first-order chi connectivity index (χ1) is 8.08. The van der Waals surface area contributed by atoms with Gasteiger partial charge in [0.05, 0.1) is 0 Å². The summed E-state index contributed by atoms with van der Waals surface area (Å²) in [6, 6.07) is 5.40. The number of anilines is 1. The average Bonchev–Trinajstić information content (AvgIpc) is 2.64. The molecule has 1 fully saturated rings. The van der Waals surface area contributed by atoms with Gasteiger partial charge in [0.15, 0.2) is 0 Å². The van der Waals surface area contributed by atoms with E-state index in [1.807, 2.05) is 6.07 Å². The third-order valence-corrected chi connectivity index (χ3v) is 3.67. The maximum atomic E-state index is 13.7. The van der Waals surface area contributed by atoms with Crippen LogP contribution in [-0.4, -0.2) is 11.0 Å². The van der Waals surface area contributed by atoms with E-state index < -0.39 is 0 Å². The molecule has 0 spiro atoms. The Morgan fingerprint density at radius 2 is 2.24 bits per heavy atom. The van der Waals surface area contributed by atoms with Crippen LogP contribution in [0.3, 0.4) is 0 Å². The Bertz CT molecular complexity index is 433. The molecule has 0 aliphatic heterocycles. The molecular formula is C13H17FN2S. The molecule has 1 aromatic carbocycles. The van der Waals surface area contributed by atoms with Gasteiger partial charge < -0.3 is 11.1 Å². The van der Waals surface area contributed by atoms with Gasteiger partial charge in [0.25, 0.3) is 0 Å². The summed E-state index contributed by atoms with van der Waals surface area (Å²) in [5, 5.41) is 3.37. The smallest absolute Gasteiger partial charge is 0.135 e. The van der Waals surface area contributed by atoms with E-state index in [2.05, 4.69) is 12.2 Å². The van der Waals surface area contributed by atoms with Crippen LogP contribution < -0.4 is 11.1 Å². The summed E-state index contributed by atoms with van der Waals surface area (Å²) in [4.78, 5) is 0.100. The fourth-order valence-electron chi connectivity index (χ4n) is 2.38. The first-order valence-electron chi connectivity index (χ1n) is 5.94. The zero-order valence-corrected chi connectivity index (χ0v) is 10.7. The van der Waals surface area contributed by atoms with Gasteiger partial charge in [0, 0.05) is 17.3 Å². The maximum Gasteiger partial charge on any atom is 0.135 e. The summed E-state index contributed by atoms with van der Waals surface area (Å²) in [5.74, 6) is 0.293. The minimum atomic E-state index is -0.354. The predicted molar refractivity (Wildman–Crippen MR) is 72.7 cm³/mol. The SMILES string of the molecule is CC1CCCC1Nc1ccc(C(N)=S)c(F)c1. The minimum absolute atomic E-state index is 0.100. The molecule has 2 rings (SSSR count). The fourth-order valence-corrected chi connectivity index (χ4v) is 2.54. The Kier molecular flexibility index (Phi) is 3.62. The number of hydrogen-bond acceptors (Lipinski definition) is 2. The van der Waals surface area contributed by atoms with Gasteiger partial charge in [-0.1, -0.05) is 25.6 Å². The summed E-state index contributed by atoms with van der Waals surface area (Å²) in [5.41, 5.74) is 6.54. The van der Waals surface area contributed by atoms with Crippen LogP contribution in [0.25, 0.3) is 0 Å². The van der Waals surface area contributed by atoms with Gasteiger partial charge in [-0.3, -0.25) is 0 Å². The van der Waals surface area contributed by atoms with E-state index in [4.69, 9.17) is 18.0 Å². The molecule has 1 aromatic rings. The second kappa shape index (κ2) is 5.00. The highest BCUT2D eigenvalue weighted by atomic mass is 32.1. The van der Waals surface area contributed by atoms with Gasteiger partial charge >= 0.3 is 0 Å². The summed E-state index contributed by atoms with van der Waals surface area (Å²) in [7, 11) is 0. The molecule has 0 bridgehead atoms. The van der Waals surface area contributed by atoms with Crippen molar-refractivity contribution in [1.29, 1.82) is 0 Å². The van der Waals surface area contributed by atoms with Crippen molar-refractivity contribution in [3.05, 3.63) is 29.6 Å². The highest BCUT2D eigenvalue weighted by molar-refractivity contribution is 7.80. The van der Waals surface area contributed by atoms with Gasteiger partial charge in [0.2, 0.25) is 0 Å². The van der Waals surface area contributed by atoms with Crippen molar-refractivity contribution in [2.24, 2.45) is 11.7 Å². The average molecular weight is 252 g/mol. The van der Waals surface area contributed by atoms with E-state index in [1.54, 1.807) is 6.07 Å². The zero-order valence-electron chi connectivity index (χ0n) is 9.87. The van der Waals surface area contributed by atoms with Crippen LogP contribution in [0.4, 0.5) is 10.1 Å². The maximum absolute atomic E-state index is 13.7. The van der Waals surface area contributed by atoms with Crippen molar-refractivity contribution < 1.29 is 4.39 Å².